The third-order valence-corrected chi connectivity index (χ3v) is 3.30. The fourth-order valence-corrected chi connectivity index (χ4v) is 1.94. The summed E-state index contributed by atoms with van der Waals surface area (Å²) in [5.41, 5.74) is 6.43. The summed E-state index contributed by atoms with van der Waals surface area (Å²) in [6.07, 6.45) is 3.37. The van der Waals surface area contributed by atoms with Crippen LogP contribution >= 0.6 is 11.6 Å². The normalized spacial score (nSPS) is 10.7. The lowest BCUT2D eigenvalue weighted by atomic mass is 10.1. The van der Waals surface area contributed by atoms with Crippen molar-refractivity contribution in [2.45, 2.75) is 19.4 Å². The van der Waals surface area contributed by atoms with Crippen LogP contribution < -0.4 is 10.5 Å². The molecule has 0 aliphatic carbocycles. The van der Waals surface area contributed by atoms with Crippen molar-refractivity contribution in [3.8, 4) is 17.6 Å². The summed E-state index contributed by atoms with van der Waals surface area (Å²) >= 11 is 5.98. The van der Waals surface area contributed by atoms with E-state index in [0.717, 1.165) is 11.3 Å². The van der Waals surface area contributed by atoms with Crippen molar-refractivity contribution in [1.82, 2.24) is 4.98 Å². The van der Waals surface area contributed by atoms with E-state index in [0.29, 0.717) is 23.9 Å². The van der Waals surface area contributed by atoms with Gasteiger partial charge in [-0.2, -0.15) is 0 Å². The van der Waals surface area contributed by atoms with Crippen LogP contribution in [0, 0.1) is 11.8 Å². The molecule has 0 atom stereocenters. The molecule has 0 radical (unpaired) electrons. The van der Waals surface area contributed by atoms with Gasteiger partial charge in [0.15, 0.2) is 0 Å². The van der Waals surface area contributed by atoms with Crippen LogP contribution in [0.5, 0.6) is 5.75 Å². The van der Waals surface area contributed by atoms with Gasteiger partial charge in [0.1, 0.15) is 18.0 Å². The van der Waals surface area contributed by atoms with Crippen molar-refractivity contribution in [3.05, 3.63) is 53.3 Å². The number of pyridine rings is 1. The Kier molecular flexibility index (Phi) is 5.86. The predicted octanol–water partition coefficient (Wildman–Crippen LogP) is 3.54. The van der Waals surface area contributed by atoms with Crippen LogP contribution in [-0.2, 0) is 4.74 Å². The van der Waals surface area contributed by atoms with E-state index in [1.54, 1.807) is 36.7 Å². The topological polar surface area (TPSA) is 57.4 Å². The summed E-state index contributed by atoms with van der Waals surface area (Å²) in [6.45, 7) is 4.70. The molecule has 4 nitrogen and oxygen atoms in total. The van der Waals surface area contributed by atoms with Gasteiger partial charge in [-0.1, -0.05) is 23.4 Å². The van der Waals surface area contributed by atoms with Gasteiger partial charge in [0.2, 0.25) is 0 Å². The number of halogens is 1. The molecule has 0 saturated carbocycles. The van der Waals surface area contributed by atoms with Gasteiger partial charge in [0.25, 0.3) is 0 Å². The molecule has 23 heavy (non-hydrogen) atoms. The second-order valence-electron chi connectivity index (χ2n) is 5.38. The Morgan fingerprint density at radius 3 is 2.61 bits per heavy atom. The molecule has 0 fully saturated rings. The lowest BCUT2D eigenvalue weighted by Crippen LogP contribution is -2.25. The molecule has 1 aromatic heterocycles. The molecule has 2 rings (SSSR count). The zero-order chi connectivity index (χ0) is 16.7. The Labute approximate surface area is 141 Å². The number of hydrogen-bond acceptors (Lipinski definition) is 4. The van der Waals surface area contributed by atoms with E-state index >= 15 is 0 Å². The number of nitrogens with zero attached hydrogens (tertiary/aromatic N) is 1. The molecule has 1 heterocycles. The van der Waals surface area contributed by atoms with Crippen LogP contribution in [0.2, 0.25) is 5.02 Å². The molecular weight excluding hydrogens is 312 g/mol. The predicted molar refractivity (Wildman–Crippen MR) is 92.5 cm³/mol. The molecule has 2 aromatic rings. The van der Waals surface area contributed by atoms with Crippen molar-refractivity contribution in [3.63, 3.8) is 0 Å². The highest BCUT2D eigenvalue weighted by molar-refractivity contribution is 6.33. The minimum atomic E-state index is -0.588. The SMILES string of the molecule is CC(C)(C#Cc1ccc(N)c(Cl)c1)OCCOc1ccncc1. The lowest BCUT2D eigenvalue weighted by Gasteiger charge is -2.19. The van der Waals surface area contributed by atoms with E-state index < -0.39 is 5.60 Å². The number of nitrogen functional groups attached to an aromatic ring is 1. The minimum Gasteiger partial charge on any atom is -0.491 e. The fraction of sp³-hybridized carbons (Fsp3) is 0.278. The Morgan fingerprint density at radius 2 is 1.91 bits per heavy atom. The van der Waals surface area contributed by atoms with Crippen molar-refractivity contribution in [2.24, 2.45) is 0 Å². The summed E-state index contributed by atoms with van der Waals surface area (Å²) in [6, 6.07) is 8.91. The van der Waals surface area contributed by atoms with Crippen LogP contribution in [0.1, 0.15) is 19.4 Å². The van der Waals surface area contributed by atoms with Gasteiger partial charge in [-0.05, 0) is 44.2 Å². The highest BCUT2D eigenvalue weighted by Crippen LogP contribution is 2.19. The van der Waals surface area contributed by atoms with Gasteiger partial charge in [-0.15, -0.1) is 0 Å². The second-order valence-corrected chi connectivity index (χ2v) is 5.78. The highest BCUT2D eigenvalue weighted by Gasteiger charge is 2.14. The van der Waals surface area contributed by atoms with Crippen LogP contribution in [0.15, 0.2) is 42.7 Å². The zero-order valence-corrected chi connectivity index (χ0v) is 13.9. The van der Waals surface area contributed by atoms with Crippen LogP contribution in [0.25, 0.3) is 0 Å². The number of nitrogens with two attached hydrogens (primary N) is 1. The van der Waals surface area contributed by atoms with E-state index in [1.807, 2.05) is 19.9 Å². The molecule has 1 aromatic carbocycles. The van der Waals surface area contributed by atoms with E-state index in [2.05, 4.69) is 16.8 Å². The number of hydrogen-bond donors (Lipinski definition) is 1. The van der Waals surface area contributed by atoms with Crippen molar-refractivity contribution in [1.29, 1.82) is 0 Å². The van der Waals surface area contributed by atoms with E-state index in [-0.39, 0.29) is 0 Å². The average molecular weight is 331 g/mol. The van der Waals surface area contributed by atoms with E-state index in [4.69, 9.17) is 26.8 Å². The summed E-state index contributed by atoms with van der Waals surface area (Å²) < 4.78 is 11.3. The maximum Gasteiger partial charge on any atom is 0.123 e. The first-order valence-electron chi connectivity index (χ1n) is 7.21. The Hall–Kier alpha value is -2.22. The summed E-state index contributed by atoms with van der Waals surface area (Å²) in [5.74, 6) is 6.90. The third-order valence-electron chi connectivity index (χ3n) is 2.97. The Balaban J connectivity index is 1.84. The zero-order valence-electron chi connectivity index (χ0n) is 13.2. The molecule has 0 aliphatic heterocycles. The first kappa shape index (κ1) is 17.1. The molecule has 5 heteroatoms. The van der Waals surface area contributed by atoms with Crippen LogP contribution in [-0.4, -0.2) is 23.8 Å². The number of rotatable bonds is 5. The van der Waals surface area contributed by atoms with E-state index in [9.17, 15) is 0 Å². The molecule has 0 amide bonds. The number of aromatic nitrogens is 1. The quantitative estimate of drug-likeness (QED) is 0.517. The first-order valence-corrected chi connectivity index (χ1v) is 7.59. The second kappa shape index (κ2) is 7.87. The van der Waals surface area contributed by atoms with Gasteiger partial charge in [-0.25, -0.2) is 0 Å². The molecule has 0 unspecified atom stereocenters. The van der Waals surface area contributed by atoms with Gasteiger partial charge in [-0.3, -0.25) is 4.98 Å². The fourth-order valence-electron chi connectivity index (χ4n) is 1.75. The first-order chi connectivity index (χ1) is 11.0. The smallest absolute Gasteiger partial charge is 0.123 e. The Bertz CT molecular complexity index is 706. The largest absolute Gasteiger partial charge is 0.491 e. The maximum atomic E-state index is 5.98. The monoisotopic (exact) mass is 330 g/mol. The molecular formula is C18H19ClN2O2. The molecule has 0 bridgehead atoms. The van der Waals surface area contributed by atoms with Gasteiger partial charge >= 0.3 is 0 Å². The average Bonchev–Trinajstić information content (AvgIpc) is 2.54. The number of ether oxygens (including phenoxy) is 2. The summed E-state index contributed by atoms with van der Waals surface area (Å²) in [5, 5.41) is 0.501. The number of benzene rings is 1. The van der Waals surface area contributed by atoms with Gasteiger partial charge in [0.05, 0.1) is 17.3 Å². The summed E-state index contributed by atoms with van der Waals surface area (Å²) in [4.78, 5) is 3.93. The minimum absolute atomic E-state index is 0.437. The van der Waals surface area contributed by atoms with Crippen LogP contribution in [0.4, 0.5) is 5.69 Å². The molecule has 0 saturated heterocycles. The van der Waals surface area contributed by atoms with Crippen molar-refractivity contribution >= 4 is 17.3 Å². The van der Waals surface area contributed by atoms with Crippen molar-refractivity contribution in [2.75, 3.05) is 18.9 Å². The molecule has 120 valence electrons. The highest BCUT2D eigenvalue weighted by atomic mass is 35.5. The molecule has 2 N–H and O–H groups in total. The van der Waals surface area contributed by atoms with Crippen LogP contribution in [0.3, 0.4) is 0 Å². The van der Waals surface area contributed by atoms with Crippen molar-refractivity contribution < 1.29 is 9.47 Å². The molecule has 0 spiro atoms. The lowest BCUT2D eigenvalue weighted by molar-refractivity contribution is 0.0104. The van der Waals surface area contributed by atoms with Gasteiger partial charge < -0.3 is 15.2 Å². The summed E-state index contributed by atoms with van der Waals surface area (Å²) in [7, 11) is 0. The maximum absolute atomic E-state index is 5.98. The van der Waals surface area contributed by atoms with E-state index in [1.165, 1.54) is 0 Å². The standard InChI is InChI=1S/C18H19ClN2O2/c1-18(2,8-5-14-3-4-17(20)16(19)13-14)23-12-11-22-15-6-9-21-10-7-15/h3-4,6-7,9-10,13H,11-12,20H2,1-2H3. The third kappa shape index (κ3) is 5.82. The van der Waals surface area contributed by atoms with Gasteiger partial charge in [0, 0.05) is 18.0 Å². The Morgan fingerprint density at radius 1 is 1.17 bits per heavy atom. The molecule has 0 aliphatic rings. The number of anilines is 1.